The zero-order chi connectivity index (χ0) is 11.8. The molecule has 0 aliphatic rings. The minimum absolute atomic E-state index is 0.0682. The lowest BCUT2D eigenvalue weighted by Crippen LogP contribution is -2.28. The van der Waals surface area contributed by atoms with E-state index in [1.165, 1.54) is 0 Å². The van der Waals surface area contributed by atoms with E-state index in [-0.39, 0.29) is 5.56 Å². The van der Waals surface area contributed by atoms with E-state index in [1.54, 1.807) is 23.8 Å². The van der Waals surface area contributed by atoms with E-state index in [0.717, 1.165) is 38.4 Å². The molecule has 0 saturated heterocycles. The Morgan fingerprint density at radius 2 is 2.19 bits per heavy atom. The van der Waals surface area contributed by atoms with Gasteiger partial charge in [-0.1, -0.05) is 6.07 Å². The number of methoxy groups -OCH3 is 1. The fraction of sp³-hybridized carbons (Fsp3) is 0.583. The molecular formula is C12H20N2O2. The van der Waals surface area contributed by atoms with Gasteiger partial charge < -0.3 is 14.6 Å². The summed E-state index contributed by atoms with van der Waals surface area (Å²) < 4.78 is 6.73. The first-order chi connectivity index (χ1) is 7.75. The third-order valence-electron chi connectivity index (χ3n) is 2.48. The molecule has 1 aromatic rings. The summed E-state index contributed by atoms with van der Waals surface area (Å²) in [7, 11) is 1.70. The van der Waals surface area contributed by atoms with Crippen molar-refractivity contribution in [2.75, 3.05) is 26.8 Å². The van der Waals surface area contributed by atoms with Crippen molar-refractivity contribution in [1.82, 2.24) is 9.88 Å². The van der Waals surface area contributed by atoms with E-state index >= 15 is 0 Å². The van der Waals surface area contributed by atoms with Gasteiger partial charge in [-0.3, -0.25) is 4.79 Å². The highest BCUT2D eigenvalue weighted by Gasteiger charge is 1.97. The van der Waals surface area contributed by atoms with Gasteiger partial charge in [0.15, 0.2) is 0 Å². The number of nitrogens with one attached hydrogen (secondary N) is 1. The van der Waals surface area contributed by atoms with Crippen LogP contribution in [0.5, 0.6) is 0 Å². The number of pyridine rings is 1. The number of hydrogen-bond donors (Lipinski definition) is 1. The SMILES string of the molecule is COCCCNCCn1c(C)cccc1=O. The maximum Gasteiger partial charge on any atom is 0.250 e. The monoisotopic (exact) mass is 224 g/mol. The molecule has 1 heterocycles. The maximum absolute atomic E-state index is 11.5. The molecule has 0 unspecified atom stereocenters. The number of rotatable bonds is 7. The van der Waals surface area contributed by atoms with Crippen molar-refractivity contribution in [2.45, 2.75) is 19.9 Å². The Kier molecular flexibility index (Phi) is 5.82. The molecule has 1 N–H and O–H groups in total. The van der Waals surface area contributed by atoms with Gasteiger partial charge in [0, 0.05) is 38.6 Å². The molecule has 0 spiro atoms. The standard InChI is InChI=1S/C12H20N2O2/c1-11-5-3-6-12(15)14(11)9-8-13-7-4-10-16-2/h3,5-6,13H,4,7-10H2,1-2H3. The molecule has 90 valence electrons. The van der Waals surface area contributed by atoms with E-state index in [4.69, 9.17) is 4.74 Å². The first kappa shape index (κ1) is 12.9. The lowest BCUT2D eigenvalue weighted by molar-refractivity contribution is 0.194. The quantitative estimate of drug-likeness (QED) is 0.696. The van der Waals surface area contributed by atoms with Crippen LogP contribution in [0.2, 0.25) is 0 Å². The molecule has 0 amide bonds. The van der Waals surface area contributed by atoms with Crippen LogP contribution in [-0.4, -0.2) is 31.4 Å². The number of aromatic nitrogens is 1. The van der Waals surface area contributed by atoms with E-state index in [1.807, 2.05) is 13.0 Å². The Bertz CT molecular complexity index is 360. The van der Waals surface area contributed by atoms with Crippen molar-refractivity contribution < 1.29 is 4.74 Å². The van der Waals surface area contributed by atoms with Crippen LogP contribution in [0.25, 0.3) is 0 Å². The van der Waals surface area contributed by atoms with Crippen molar-refractivity contribution in [2.24, 2.45) is 0 Å². The summed E-state index contributed by atoms with van der Waals surface area (Å²) in [5.41, 5.74) is 1.07. The zero-order valence-electron chi connectivity index (χ0n) is 10.0. The van der Waals surface area contributed by atoms with E-state index in [9.17, 15) is 4.79 Å². The zero-order valence-corrected chi connectivity index (χ0v) is 10.0. The Morgan fingerprint density at radius 3 is 2.88 bits per heavy atom. The molecule has 1 aromatic heterocycles. The first-order valence-electron chi connectivity index (χ1n) is 5.62. The van der Waals surface area contributed by atoms with Crippen molar-refractivity contribution in [3.63, 3.8) is 0 Å². The molecular weight excluding hydrogens is 204 g/mol. The summed E-state index contributed by atoms with van der Waals surface area (Å²) in [6.07, 6.45) is 0.999. The lowest BCUT2D eigenvalue weighted by atomic mass is 10.3. The normalized spacial score (nSPS) is 10.6. The molecule has 0 aliphatic carbocycles. The summed E-state index contributed by atoms with van der Waals surface area (Å²) in [6, 6.07) is 5.34. The smallest absolute Gasteiger partial charge is 0.250 e. The van der Waals surface area contributed by atoms with Crippen LogP contribution in [0.1, 0.15) is 12.1 Å². The Labute approximate surface area is 96.2 Å². The molecule has 16 heavy (non-hydrogen) atoms. The van der Waals surface area contributed by atoms with Crippen LogP contribution in [0.15, 0.2) is 23.0 Å². The molecule has 4 nitrogen and oxygen atoms in total. The topological polar surface area (TPSA) is 43.3 Å². The van der Waals surface area contributed by atoms with Gasteiger partial charge in [-0.05, 0) is 26.0 Å². The average Bonchev–Trinajstić information content (AvgIpc) is 2.26. The van der Waals surface area contributed by atoms with Gasteiger partial charge >= 0.3 is 0 Å². The first-order valence-corrected chi connectivity index (χ1v) is 5.62. The summed E-state index contributed by atoms with van der Waals surface area (Å²) in [5.74, 6) is 0. The molecule has 0 atom stereocenters. The fourth-order valence-corrected chi connectivity index (χ4v) is 1.57. The Balaban J connectivity index is 2.29. The predicted octanol–water partition coefficient (Wildman–Crippen LogP) is 0.783. The fourth-order valence-electron chi connectivity index (χ4n) is 1.57. The Morgan fingerprint density at radius 1 is 1.38 bits per heavy atom. The number of nitrogens with zero attached hydrogens (tertiary/aromatic N) is 1. The van der Waals surface area contributed by atoms with E-state index < -0.39 is 0 Å². The molecule has 0 radical (unpaired) electrons. The summed E-state index contributed by atoms with van der Waals surface area (Å²) >= 11 is 0. The average molecular weight is 224 g/mol. The summed E-state index contributed by atoms with van der Waals surface area (Å²) in [5, 5.41) is 3.28. The second kappa shape index (κ2) is 7.19. The molecule has 0 aliphatic heterocycles. The molecule has 4 heteroatoms. The van der Waals surface area contributed by atoms with Gasteiger partial charge in [0.05, 0.1) is 0 Å². The molecule has 0 fully saturated rings. The van der Waals surface area contributed by atoms with Crippen molar-refractivity contribution in [3.05, 3.63) is 34.2 Å². The molecule has 0 aromatic carbocycles. The van der Waals surface area contributed by atoms with Gasteiger partial charge in [-0.2, -0.15) is 0 Å². The van der Waals surface area contributed by atoms with E-state index in [2.05, 4.69) is 5.32 Å². The highest BCUT2D eigenvalue weighted by molar-refractivity contribution is 5.04. The number of aryl methyl sites for hydroxylation is 1. The highest BCUT2D eigenvalue weighted by Crippen LogP contribution is 1.92. The number of hydrogen-bond acceptors (Lipinski definition) is 3. The molecule has 0 bridgehead atoms. The minimum Gasteiger partial charge on any atom is -0.385 e. The second-order valence-corrected chi connectivity index (χ2v) is 3.75. The van der Waals surface area contributed by atoms with Crippen LogP contribution in [0, 0.1) is 6.92 Å². The van der Waals surface area contributed by atoms with Gasteiger partial charge in [-0.15, -0.1) is 0 Å². The van der Waals surface area contributed by atoms with Crippen molar-refractivity contribution in [3.8, 4) is 0 Å². The van der Waals surface area contributed by atoms with Crippen LogP contribution in [0.4, 0.5) is 0 Å². The van der Waals surface area contributed by atoms with Gasteiger partial charge in [0.25, 0.3) is 5.56 Å². The number of ether oxygens (including phenoxy) is 1. The highest BCUT2D eigenvalue weighted by atomic mass is 16.5. The minimum atomic E-state index is 0.0682. The van der Waals surface area contributed by atoms with Gasteiger partial charge in [-0.25, -0.2) is 0 Å². The van der Waals surface area contributed by atoms with Crippen LogP contribution in [0.3, 0.4) is 0 Å². The van der Waals surface area contributed by atoms with Crippen molar-refractivity contribution in [1.29, 1.82) is 0 Å². The lowest BCUT2D eigenvalue weighted by Gasteiger charge is -2.09. The molecule has 0 saturated carbocycles. The van der Waals surface area contributed by atoms with Crippen LogP contribution in [-0.2, 0) is 11.3 Å². The Hall–Kier alpha value is -1.13. The van der Waals surface area contributed by atoms with Crippen LogP contribution >= 0.6 is 0 Å². The third kappa shape index (κ3) is 4.16. The largest absolute Gasteiger partial charge is 0.385 e. The molecule has 1 rings (SSSR count). The van der Waals surface area contributed by atoms with Gasteiger partial charge in [0.2, 0.25) is 0 Å². The van der Waals surface area contributed by atoms with Crippen LogP contribution < -0.4 is 10.9 Å². The van der Waals surface area contributed by atoms with E-state index in [0.29, 0.717) is 0 Å². The predicted molar refractivity (Wildman–Crippen MR) is 64.8 cm³/mol. The maximum atomic E-state index is 11.5. The summed E-state index contributed by atoms with van der Waals surface area (Å²) in [6.45, 7) is 5.19. The van der Waals surface area contributed by atoms with Gasteiger partial charge in [0.1, 0.15) is 0 Å². The summed E-state index contributed by atoms with van der Waals surface area (Å²) in [4.78, 5) is 11.5. The second-order valence-electron chi connectivity index (χ2n) is 3.75. The third-order valence-corrected chi connectivity index (χ3v) is 2.48. The van der Waals surface area contributed by atoms with Crippen molar-refractivity contribution >= 4 is 0 Å².